The Morgan fingerprint density at radius 3 is 2.34 bits per heavy atom. The summed E-state index contributed by atoms with van der Waals surface area (Å²) in [5, 5.41) is 0. The van der Waals surface area contributed by atoms with Gasteiger partial charge in [-0.1, -0.05) is 42.8 Å². The molecule has 1 aliphatic heterocycles. The average Bonchev–Trinajstić information content (AvgIpc) is 3.43. The van der Waals surface area contributed by atoms with E-state index in [9.17, 15) is 4.79 Å². The number of fused-ring (bicyclic) bond motifs is 2. The van der Waals surface area contributed by atoms with Gasteiger partial charge in [0.2, 0.25) is 0 Å². The zero-order chi connectivity index (χ0) is 19.8. The summed E-state index contributed by atoms with van der Waals surface area (Å²) in [6, 6.07) is 17.5. The molecule has 3 atom stereocenters. The van der Waals surface area contributed by atoms with Crippen molar-refractivity contribution in [2.45, 2.75) is 50.5 Å². The van der Waals surface area contributed by atoms with Crippen LogP contribution in [0.4, 0.5) is 0 Å². The molecule has 152 valence electrons. The molecule has 1 heterocycles. The van der Waals surface area contributed by atoms with Gasteiger partial charge in [-0.25, -0.2) is 4.79 Å². The van der Waals surface area contributed by atoms with Gasteiger partial charge in [-0.2, -0.15) is 0 Å². The van der Waals surface area contributed by atoms with Crippen molar-refractivity contribution in [3.8, 4) is 11.1 Å². The van der Waals surface area contributed by atoms with Crippen molar-refractivity contribution in [2.75, 3.05) is 20.2 Å². The lowest BCUT2D eigenvalue weighted by atomic mass is 9.83. The summed E-state index contributed by atoms with van der Waals surface area (Å²) in [6.07, 6.45) is 8.42. The van der Waals surface area contributed by atoms with E-state index >= 15 is 0 Å². The van der Waals surface area contributed by atoms with E-state index < -0.39 is 0 Å². The van der Waals surface area contributed by atoms with Gasteiger partial charge in [-0.15, -0.1) is 0 Å². The largest absolute Gasteiger partial charge is 0.465 e. The molecule has 3 aliphatic rings. The molecule has 0 aromatic heterocycles. The molecular weight excluding hydrogens is 358 g/mol. The minimum absolute atomic E-state index is 0.280. The lowest BCUT2D eigenvalue weighted by Gasteiger charge is -2.40. The van der Waals surface area contributed by atoms with E-state index in [0.717, 1.165) is 17.9 Å². The third kappa shape index (κ3) is 3.61. The van der Waals surface area contributed by atoms with E-state index in [1.807, 2.05) is 12.1 Å². The fraction of sp³-hybridized carbons (Fsp3) is 0.500. The van der Waals surface area contributed by atoms with Crippen molar-refractivity contribution < 1.29 is 9.53 Å². The van der Waals surface area contributed by atoms with Gasteiger partial charge >= 0.3 is 5.97 Å². The number of esters is 1. The predicted molar refractivity (Wildman–Crippen MR) is 116 cm³/mol. The van der Waals surface area contributed by atoms with E-state index in [2.05, 4.69) is 41.3 Å². The lowest BCUT2D eigenvalue weighted by Crippen LogP contribution is -2.43. The number of likely N-dealkylation sites (tertiary alicyclic amines) is 1. The maximum Gasteiger partial charge on any atom is 0.337 e. The first-order valence-electron chi connectivity index (χ1n) is 11.2. The molecule has 0 radical (unpaired) electrons. The number of rotatable bonds is 4. The Balaban J connectivity index is 1.30. The zero-order valence-electron chi connectivity index (χ0n) is 17.3. The molecule has 3 heteroatoms. The number of hydrogen-bond donors (Lipinski definition) is 0. The summed E-state index contributed by atoms with van der Waals surface area (Å²) in [7, 11) is 1.43. The van der Waals surface area contributed by atoms with Gasteiger partial charge in [-0.3, -0.25) is 0 Å². The lowest BCUT2D eigenvalue weighted by molar-refractivity contribution is 0.0601. The monoisotopic (exact) mass is 389 g/mol. The van der Waals surface area contributed by atoms with Gasteiger partial charge in [0.25, 0.3) is 0 Å². The third-order valence-corrected chi connectivity index (χ3v) is 7.72. The summed E-state index contributed by atoms with van der Waals surface area (Å²) >= 11 is 0. The fourth-order valence-electron chi connectivity index (χ4n) is 6.22. The van der Waals surface area contributed by atoms with Crippen LogP contribution in [-0.4, -0.2) is 37.1 Å². The molecule has 1 saturated heterocycles. The molecule has 5 rings (SSSR count). The van der Waals surface area contributed by atoms with Gasteiger partial charge in [0.1, 0.15) is 0 Å². The van der Waals surface area contributed by atoms with E-state index in [4.69, 9.17) is 4.74 Å². The number of hydrogen-bond acceptors (Lipinski definition) is 3. The SMILES string of the molecule is COC(=O)c1ccc(-c2ccccc2C2CCN([C@H]3C[C@H]4CC[C@H]3C4)CC2)cc1. The second-order valence-corrected chi connectivity index (χ2v) is 9.21. The van der Waals surface area contributed by atoms with Crippen LogP contribution in [0.3, 0.4) is 0 Å². The van der Waals surface area contributed by atoms with Crippen LogP contribution in [0, 0.1) is 11.8 Å². The Labute approximate surface area is 174 Å². The molecule has 2 aliphatic carbocycles. The highest BCUT2D eigenvalue weighted by Gasteiger charge is 2.42. The first-order valence-corrected chi connectivity index (χ1v) is 11.2. The first kappa shape index (κ1) is 18.9. The zero-order valence-corrected chi connectivity index (χ0v) is 17.3. The minimum atomic E-state index is -0.280. The number of benzene rings is 2. The van der Waals surface area contributed by atoms with Crippen LogP contribution in [0.5, 0.6) is 0 Å². The average molecular weight is 390 g/mol. The molecular formula is C26H31NO2. The molecule has 29 heavy (non-hydrogen) atoms. The molecule has 2 saturated carbocycles. The third-order valence-electron chi connectivity index (χ3n) is 7.72. The highest BCUT2D eigenvalue weighted by Crippen LogP contribution is 2.48. The summed E-state index contributed by atoms with van der Waals surface area (Å²) in [5.74, 6) is 2.35. The van der Waals surface area contributed by atoms with Gasteiger partial charge in [0, 0.05) is 6.04 Å². The van der Waals surface area contributed by atoms with Gasteiger partial charge in [0.05, 0.1) is 12.7 Å². The van der Waals surface area contributed by atoms with Crippen molar-refractivity contribution >= 4 is 5.97 Å². The number of methoxy groups -OCH3 is 1. The normalized spacial score (nSPS) is 27.3. The van der Waals surface area contributed by atoms with Crippen molar-refractivity contribution in [3.05, 3.63) is 59.7 Å². The maximum atomic E-state index is 11.7. The van der Waals surface area contributed by atoms with Crippen LogP contribution in [0.1, 0.15) is 60.4 Å². The quantitative estimate of drug-likeness (QED) is 0.646. The first-order chi connectivity index (χ1) is 14.2. The van der Waals surface area contributed by atoms with Crippen molar-refractivity contribution in [2.24, 2.45) is 11.8 Å². The Morgan fingerprint density at radius 1 is 0.931 bits per heavy atom. The van der Waals surface area contributed by atoms with Crippen molar-refractivity contribution in [1.29, 1.82) is 0 Å². The van der Waals surface area contributed by atoms with Gasteiger partial charge in [0.15, 0.2) is 0 Å². The highest BCUT2D eigenvalue weighted by atomic mass is 16.5. The molecule has 2 aromatic rings. The van der Waals surface area contributed by atoms with Crippen LogP contribution < -0.4 is 0 Å². The summed E-state index contributed by atoms with van der Waals surface area (Å²) < 4.78 is 4.83. The molecule has 2 aromatic carbocycles. The smallest absolute Gasteiger partial charge is 0.337 e. The Hall–Kier alpha value is -2.13. The molecule has 0 N–H and O–H groups in total. The maximum absolute atomic E-state index is 11.7. The summed E-state index contributed by atoms with van der Waals surface area (Å²) in [5.41, 5.74) is 4.56. The predicted octanol–water partition coefficient (Wildman–Crippen LogP) is 5.51. The van der Waals surface area contributed by atoms with Crippen molar-refractivity contribution in [3.63, 3.8) is 0 Å². The van der Waals surface area contributed by atoms with Crippen molar-refractivity contribution in [1.82, 2.24) is 4.90 Å². The van der Waals surface area contributed by atoms with Gasteiger partial charge in [-0.05, 0) is 91.8 Å². The fourth-order valence-corrected chi connectivity index (χ4v) is 6.22. The Bertz CT molecular complexity index is 867. The molecule has 2 bridgehead atoms. The van der Waals surface area contributed by atoms with E-state index in [1.54, 1.807) is 0 Å². The number of ether oxygens (including phenoxy) is 1. The summed E-state index contributed by atoms with van der Waals surface area (Å²) in [6.45, 7) is 2.49. The number of carbonyl (C=O) groups excluding carboxylic acids is 1. The molecule has 0 amide bonds. The van der Waals surface area contributed by atoms with Crippen LogP contribution >= 0.6 is 0 Å². The second kappa shape index (κ2) is 7.95. The van der Waals surface area contributed by atoms with Crippen LogP contribution in [0.2, 0.25) is 0 Å². The highest BCUT2D eigenvalue weighted by molar-refractivity contribution is 5.90. The molecule has 3 nitrogen and oxygen atoms in total. The van der Waals surface area contributed by atoms with Crippen LogP contribution in [0.25, 0.3) is 11.1 Å². The molecule has 0 unspecified atom stereocenters. The van der Waals surface area contributed by atoms with Crippen LogP contribution in [0.15, 0.2) is 48.5 Å². The van der Waals surface area contributed by atoms with E-state index in [1.165, 1.54) is 75.4 Å². The number of carbonyl (C=O) groups is 1. The van der Waals surface area contributed by atoms with Gasteiger partial charge < -0.3 is 9.64 Å². The van der Waals surface area contributed by atoms with Crippen LogP contribution in [-0.2, 0) is 4.74 Å². The Kier molecular flexibility index (Phi) is 5.17. The number of nitrogens with zero attached hydrogens (tertiary/aromatic N) is 1. The second-order valence-electron chi connectivity index (χ2n) is 9.21. The Morgan fingerprint density at radius 2 is 1.69 bits per heavy atom. The molecule has 3 fully saturated rings. The van der Waals surface area contributed by atoms with E-state index in [0.29, 0.717) is 11.5 Å². The minimum Gasteiger partial charge on any atom is -0.465 e. The summed E-state index contributed by atoms with van der Waals surface area (Å²) in [4.78, 5) is 14.5. The standard InChI is InChI=1S/C26H31NO2/c1-29-26(28)21-10-8-19(9-11-21)23-4-2-3-5-24(23)20-12-14-27(15-13-20)25-17-18-6-7-22(25)16-18/h2-5,8-11,18,20,22,25H,6-7,12-17H2,1H3/t18-,22-,25-/m0/s1. The number of piperidine rings is 1. The molecule has 0 spiro atoms. The van der Waals surface area contributed by atoms with E-state index in [-0.39, 0.29) is 5.97 Å². The topological polar surface area (TPSA) is 29.5 Å².